The molecule has 1 aromatic heterocycles. The van der Waals surface area contributed by atoms with Gasteiger partial charge in [0.2, 0.25) is 0 Å². The molecule has 0 spiro atoms. The Kier molecular flexibility index (Phi) is 4.02. The van der Waals surface area contributed by atoms with Gasteiger partial charge in [-0.05, 0) is 18.6 Å². The van der Waals surface area contributed by atoms with Crippen molar-refractivity contribution in [1.29, 1.82) is 0 Å². The van der Waals surface area contributed by atoms with Gasteiger partial charge >= 0.3 is 12.0 Å². The Morgan fingerprint density at radius 1 is 1.45 bits per heavy atom. The molecule has 0 radical (unpaired) electrons. The summed E-state index contributed by atoms with van der Waals surface area (Å²) in [7, 11) is 0. The normalized spacial score (nSPS) is 13.9. The zero-order chi connectivity index (χ0) is 14.7. The number of nitro groups is 1. The van der Waals surface area contributed by atoms with E-state index in [0.717, 1.165) is 16.5 Å². The molecule has 0 saturated heterocycles. The Morgan fingerprint density at radius 2 is 2.15 bits per heavy atom. The highest BCUT2D eigenvalue weighted by Crippen LogP contribution is 2.29. The van der Waals surface area contributed by atoms with Crippen LogP contribution in [0.1, 0.15) is 25.3 Å². The fourth-order valence-electron chi connectivity index (χ4n) is 2.34. The lowest BCUT2D eigenvalue weighted by Crippen LogP contribution is -2.36. The summed E-state index contributed by atoms with van der Waals surface area (Å²) in [4.78, 5) is 25.4. The van der Waals surface area contributed by atoms with Crippen LogP contribution in [0.15, 0.2) is 30.5 Å². The number of ether oxygens (including phenoxy) is 1. The number of rotatable bonds is 5. The average Bonchev–Trinajstić information content (AvgIpc) is 2.82. The number of nitrogens with one attached hydrogen (secondary N) is 1. The third-order valence-corrected chi connectivity index (χ3v) is 3.34. The first-order chi connectivity index (χ1) is 9.56. The summed E-state index contributed by atoms with van der Waals surface area (Å²) in [6.07, 6.45) is 1.71. The summed E-state index contributed by atoms with van der Waals surface area (Å²) < 4.78 is 4.81. The largest absolute Gasteiger partial charge is 0.461 e. The van der Waals surface area contributed by atoms with Crippen molar-refractivity contribution in [3.05, 3.63) is 46.1 Å². The lowest BCUT2D eigenvalue weighted by Gasteiger charge is -2.15. The molecule has 0 aliphatic rings. The average molecular weight is 276 g/mol. The summed E-state index contributed by atoms with van der Waals surface area (Å²) in [6.45, 7) is 3.43. The van der Waals surface area contributed by atoms with Gasteiger partial charge in [0.15, 0.2) is 0 Å². The minimum absolute atomic E-state index is 0.129. The molecule has 1 heterocycles. The van der Waals surface area contributed by atoms with Crippen molar-refractivity contribution < 1.29 is 14.5 Å². The van der Waals surface area contributed by atoms with Gasteiger partial charge in [-0.1, -0.05) is 25.1 Å². The monoisotopic (exact) mass is 276 g/mol. The molecule has 0 saturated carbocycles. The molecule has 6 nitrogen and oxygen atoms in total. The standard InChI is InChI=1S/C14H16N2O4/c1-3-20-14(17)13(16(18)19)9(2)11-8-15-12-7-5-4-6-10(11)12/h4-9,13,15H,3H2,1-2H3/t9-,13+/m1/s1. The van der Waals surface area contributed by atoms with Crippen LogP contribution < -0.4 is 0 Å². The van der Waals surface area contributed by atoms with E-state index in [2.05, 4.69) is 4.98 Å². The van der Waals surface area contributed by atoms with Crippen molar-refractivity contribution in [2.75, 3.05) is 6.61 Å². The van der Waals surface area contributed by atoms with Crippen LogP contribution in [0, 0.1) is 10.1 Å². The quantitative estimate of drug-likeness (QED) is 0.516. The number of aromatic nitrogens is 1. The maximum atomic E-state index is 11.8. The number of hydrogen-bond donors (Lipinski definition) is 1. The van der Waals surface area contributed by atoms with Gasteiger partial charge in [0.25, 0.3) is 0 Å². The van der Waals surface area contributed by atoms with E-state index < -0.39 is 22.9 Å². The van der Waals surface area contributed by atoms with Gasteiger partial charge in [0, 0.05) is 22.0 Å². The van der Waals surface area contributed by atoms with Crippen molar-refractivity contribution >= 4 is 16.9 Å². The molecule has 1 N–H and O–H groups in total. The summed E-state index contributed by atoms with van der Waals surface area (Å²) in [5.74, 6) is -1.37. The van der Waals surface area contributed by atoms with Gasteiger partial charge in [0.05, 0.1) is 12.5 Å². The first-order valence-electron chi connectivity index (χ1n) is 6.42. The third-order valence-electron chi connectivity index (χ3n) is 3.34. The molecule has 0 amide bonds. The number of carbonyl (C=O) groups excluding carboxylic acids is 1. The fraction of sp³-hybridized carbons (Fsp3) is 0.357. The van der Waals surface area contributed by atoms with E-state index in [0.29, 0.717) is 0 Å². The lowest BCUT2D eigenvalue weighted by molar-refractivity contribution is -0.514. The lowest BCUT2D eigenvalue weighted by atomic mass is 9.93. The number of hydrogen-bond acceptors (Lipinski definition) is 4. The summed E-state index contributed by atoms with van der Waals surface area (Å²) >= 11 is 0. The number of benzene rings is 1. The number of fused-ring (bicyclic) bond motifs is 1. The highest BCUT2D eigenvalue weighted by atomic mass is 16.6. The molecule has 2 aromatic rings. The van der Waals surface area contributed by atoms with E-state index in [4.69, 9.17) is 4.74 Å². The van der Waals surface area contributed by atoms with Crippen LogP contribution in [0.25, 0.3) is 10.9 Å². The second-order valence-electron chi connectivity index (χ2n) is 4.56. The number of para-hydroxylation sites is 1. The van der Waals surface area contributed by atoms with E-state index >= 15 is 0 Å². The molecule has 2 rings (SSSR count). The molecule has 0 aliphatic heterocycles. The number of H-pyrrole nitrogens is 1. The van der Waals surface area contributed by atoms with Crippen LogP contribution in [-0.4, -0.2) is 28.5 Å². The summed E-state index contributed by atoms with van der Waals surface area (Å²) in [5.41, 5.74) is 1.63. The molecule has 1 aromatic carbocycles. The van der Waals surface area contributed by atoms with Crippen LogP contribution >= 0.6 is 0 Å². The number of carbonyl (C=O) groups is 1. The van der Waals surface area contributed by atoms with E-state index in [-0.39, 0.29) is 6.61 Å². The maximum absolute atomic E-state index is 11.8. The van der Waals surface area contributed by atoms with Gasteiger partial charge in [-0.3, -0.25) is 10.1 Å². The second kappa shape index (κ2) is 5.73. The summed E-state index contributed by atoms with van der Waals surface area (Å²) in [5, 5.41) is 12.1. The van der Waals surface area contributed by atoms with Crippen LogP contribution in [0.2, 0.25) is 0 Å². The predicted molar refractivity (Wildman–Crippen MR) is 74.1 cm³/mol. The van der Waals surface area contributed by atoms with Gasteiger partial charge < -0.3 is 9.72 Å². The first-order valence-corrected chi connectivity index (χ1v) is 6.42. The van der Waals surface area contributed by atoms with Gasteiger partial charge in [-0.25, -0.2) is 4.79 Å². The van der Waals surface area contributed by atoms with Gasteiger partial charge in [0.1, 0.15) is 0 Å². The molecule has 6 heteroatoms. The third kappa shape index (κ3) is 2.49. The molecule has 2 atom stereocenters. The topological polar surface area (TPSA) is 85.2 Å². The Balaban J connectivity index is 2.39. The highest BCUT2D eigenvalue weighted by molar-refractivity contribution is 5.85. The van der Waals surface area contributed by atoms with E-state index in [1.165, 1.54) is 0 Å². The van der Waals surface area contributed by atoms with E-state index in [9.17, 15) is 14.9 Å². The Hall–Kier alpha value is -2.37. The van der Waals surface area contributed by atoms with Crippen molar-refractivity contribution in [2.45, 2.75) is 25.8 Å². The zero-order valence-corrected chi connectivity index (χ0v) is 11.3. The van der Waals surface area contributed by atoms with Gasteiger partial charge in [-0.2, -0.15) is 0 Å². The SMILES string of the molecule is CCOC(=O)[C@H]([C@H](C)c1c[nH]c2ccccc12)[N+](=O)[O-]. The first kappa shape index (κ1) is 14.0. The second-order valence-corrected chi connectivity index (χ2v) is 4.56. The van der Waals surface area contributed by atoms with Gasteiger partial charge in [-0.15, -0.1) is 0 Å². The van der Waals surface area contributed by atoms with Crippen LogP contribution in [0.3, 0.4) is 0 Å². The van der Waals surface area contributed by atoms with Crippen molar-refractivity contribution in [3.63, 3.8) is 0 Å². The van der Waals surface area contributed by atoms with Crippen molar-refractivity contribution in [3.8, 4) is 0 Å². The minimum Gasteiger partial charge on any atom is -0.461 e. The summed E-state index contributed by atoms with van der Waals surface area (Å²) in [6, 6.07) is 6.10. The van der Waals surface area contributed by atoms with E-state index in [1.54, 1.807) is 20.0 Å². The van der Waals surface area contributed by atoms with Crippen LogP contribution in [0.5, 0.6) is 0 Å². The molecular weight excluding hydrogens is 260 g/mol. The zero-order valence-electron chi connectivity index (χ0n) is 11.3. The fourth-order valence-corrected chi connectivity index (χ4v) is 2.34. The molecule has 0 bridgehead atoms. The Labute approximate surface area is 115 Å². The molecule has 20 heavy (non-hydrogen) atoms. The maximum Gasteiger partial charge on any atom is 0.382 e. The molecule has 0 fully saturated rings. The number of aromatic amines is 1. The van der Waals surface area contributed by atoms with Crippen molar-refractivity contribution in [1.82, 2.24) is 4.98 Å². The molecule has 0 aliphatic carbocycles. The molecular formula is C14H16N2O4. The minimum atomic E-state index is -1.39. The highest BCUT2D eigenvalue weighted by Gasteiger charge is 2.39. The smallest absolute Gasteiger partial charge is 0.382 e. The van der Waals surface area contributed by atoms with E-state index in [1.807, 2.05) is 24.3 Å². The molecule has 106 valence electrons. The van der Waals surface area contributed by atoms with Crippen LogP contribution in [-0.2, 0) is 9.53 Å². The Bertz CT molecular complexity index is 635. The number of esters is 1. The Morgan fingerprint density at radius 3 is 2.80 bits per heavy atom. The van der Waals surface area contributed by atoms with Crippen LogP contribution in [0.4, 0.5) is 0 Å². The molecule has 0 unspecified atom stereocenters. The predicted octanol–water partition coefficient (Wildman–Crippen LogP) is 2.48. The van der Waals surface area contributed by atoms with Crippen molar-refractivity contribution in [2.24, 2.45) is 0 Å². The number of nitrogens with zero attached hydrogens (tertiary/aromatic N) is 1.